The first-order chi connectivity index (χ1) is 13.7. The monoisotopic (exact) mass is 415 g/mol. The number of piperidine rings is 1. The van der Waals surface area contributed by atoms with Crippen molar-refractivity contribution in [2.75, 3.05) is 39.3 Å². The van der Waals surface area contributed by atoms with Crippen molar-refractivity contribution in [3.05, 3.63) is 53.4 Å². The molecule has 2 saturated heterocycles. The van der Waals surface area contributed by atoms with Crippen LogP contribution in [0.3, 0.4) is 0 Å². The largest absolute Gasteiger partial charge is 0.351 e. The predicted molar refractivity (Wildman–Crippen MR) is 111 cm³/mol. The zero-order valence-corrected chi connectivity index (χ0v) is 17.2. The summed E-state index contributed by atoms with van der Waals surface area (Å²) in [4.78, 5) is 19.2. The number of likely N-dealkylation sites (tertiary alicyclic amines) is 1. The van der Waals surface area contributed by atoms with Crippen molar-refractivity contribution in [2.24, 2.45) is 0 Å². The van der Waals surface area contributed by atoms with Gasteiger partial charge < -0.3 is 9.42 Å². The first-order valence-corrected chi connectivity index (χ1v) is 9.88. The summed E-state index contributed by atoms with van der Waals surface area (Å²) in [6.07, 6.45) is 3.80. The maximum atomic E-state index is 12.4. The number of nitrogens with zero attached hydrogens (tertiary/aromatic N) is 5. The number of aromatic nitrogens is 1. The van der Waals surface area contributed by atoms with Crippen LogP contribution < -0.4 is 0 Å². The summed E-state index contributed by atoms with van der Waals surface area (Å²) in [6.45, 7) is 6.34. The van der Waals surface area contributed by atoms with Gasteiger partial charge in [-0.1, -0.05) is 17.3 Å². The van der Waals surface area contributed by atoms with Gasteiger partial charge in [0, 0.05) is 44.8 Å². The van der Waals surface area contributed by atoms with Gasteiger partial charge in [0.15, 0.2) is 0 Å². The van der Waals surface area contributed by atoms with Gasteiger partial charge in [-0.15, -0.1) is 12.4 Å². The molecular weight excluding hydrogens is 390 g/mol. The van der Waals surface area contributed by atoms with Crippen molar-refractivity contribution in [1.82, 2.24) is 19.9 Å². The number of nitriles is 1. The lowest BCUT2D eigenvalue weighted by Crippen LogP contribution is -2.54. The van der Waals surface area contributed by atoms with E-state index in [-0.39, 0.29) is 18.3 Å². The Morgan fingerprint density at radius 2 is 1.90 bits per heavy atom. The summed E-state index contributed by atoms with van der Waals surface area (Å²) < 4.78 is 4.99. The molecule has 1 amide bonds. The molecule has 1 aromatic carbocycles. The molecule has 0 saturated carbocycles. The lowest BCUT2D eigenvalue weighted by atomic mass is 10.0. The van der Waals surface area contributed by atoms with Crippen molar-refractivity contribution in [2.45, 2.75) is 25.4 Å². The van der Waals surface area contributed by atoms with Gasteiger partial charge in [0.2, 0.25) is 5.76 Å². The molecule has 1 aromatic heterocycles. The molecule has 4 rings (SSSR count). The van der Waals surface area contributed by atoms with Crippen molar-refractivity contribution < 1.29 is 9.32 Å². The van der Waals surface area contributed by atoms with E-state index < -0.39 is 0 Å². The Kier molecular flexibility index (Phi) is 7.26. The molecule has 0 N–H and O–H groups in total. The van der Waals surface area contributed by atoms with Crippen LogP contribution in [0.2, 0.25) is 0 Å². The number of piperazine rings is 1. The lowest BCUT2D eigenvalue weighted by Gasteiger charge is -2.42. The maximum Gasteiger partial charge on any atom is 0.292 e. The van der Waals surface area contributed by atoms with E-state index in [9.17, 15) is 4.79 Å². The minimum atomic E-state index is -0.0634. The second-order valence-electron chi connectivity index (χ2n) is 7.52. The van der Waals surface area contributed by atoms with Crippen LogP contribution in [0.25, 0.3) is 0 Å². The van der Waals surface area contributed by atoms with E-state index in [0.29, 0.717) is 11.8 Å². The molecule has 7 nitrogen and oxygen atoms in total. The normalized spacial score (nSPS) is 18.8. The highest BCUT2D eigenvalue weighted by molar-refractivity contribution is 5.91. The van der Waals surface area contributed by atoms with E-state index in [0.717, 1.165) is 64.2 Å². The topological polar surface area (TPSA) is 76.6 Å². The fourth-order valence-corrected chi connectivity index (χ4v) is 4.21. The molecule has 3 heterocycles. The van der Waals surface area contributed by atoms with E-state index in [1.165, 1.54) is 11.8 Å². The van der Waals surface area contributed by atoms with Crippen molar-refractivity contribution in [3.8, 4) is 6.07 Å². The first-order valence-electron chi connectivity index (χ1n) is 9.88. The van der Waals surface area contributed by atoms with E-state index in [1.807, 2.05) is 23.1 Å². The van der Waals surface area contributed by atoms with Gasteiger partial charge in [-0.25, -0.2) is 0 Å². The Morgan fingerprint density at radius 3 is 2.55 bits per heavy atom. The Labute approximate surface area is 177 Å². The van der Waals surface area contributed by atoms with E-state index in [1.54, 1.807) is 6.07 Å². The van der Waals surface area contributed by atoms with E-state index in [4.69, 9.17) is 9.78 Å². The minimum Gasteiger partial charge on any atom is -0.351 e. The van der Waals surface area contributed by atoms with Crippen molar-refractivity contribution in [3.63, 3.8) is 0 Å². The van der Waals surface area contributed by atoms with Gasteiger partial charge in [0.25, 0.3) is 5.91 Å². The predicted octanol–water partition coefficient (Wildman–Crippen LogP) is 2.39. The third-order valence-electron chi connectivity index (χ3n) is 5.79. The molecule has 154 valence electrons. The summed E-state index contributed by atoms with van der Waals surface area (Å²) in [6, 6.07) is 12.3. The van der Waals surface area contributed by atoms with Crippen molar-refractivity contribution in [1.29, 1.82) is 5.26 Å². The number of carbonyl (C=O) groups is 1. The zero-order valence-electron chi connectivity index (χ0n) is 16.4. The first kappa shape index (κ1) is 21.3. The molecule has 2 aliphatic rings. The summed E-state index contributed by atoms with van der Waals surface area (Å²) in [7, 11) is 0. The highest BCUT2D eigenvalue weighted by atomic mass is 35.5. The molecule has 0 atom stereocenters. The number of hydrogen-bond acceptors (Lipinski definition) is 6. The Bertz CT molecular complexity index is 835. The lowest BCUT2D eigenvalue weighted by molar-refractivity contribution is 0.0418. The number of halogens is 1. The number of rotatable bonds is 4. The number of hydrogen-bond donors (Lipinski definition) is 0. The number of carbonyl (C=O) groups excluding carboxylic acids is 1. The zero-order chi connectivity index (χ0) is 19.3. The van der Waals surface area contributed by atoms with Gasteiger partial charge in [-0.05, 0) is 43.6 Å². The van der Waals surface area contributed by atoms with Gasteiger partial charge in [-0.3, -0.25) is 14.6 Å². The number of amides is 1. The maximum absolute atomic E-state index is 12.4. The molecule has 29 heavy (non-hydrogen) atoms. The second kappa shape index (κ2) is 9.88. The summed E-state index contributed by atoms with van der Waals surface area (Å²) >= 11 is 0. The standard InChI is InChI=1S/C21H25N5O2.ClH/c22-15-17-2-1-3-18(14-17)16-24-8-5-19(6-9-24)25-10-12-26(13-11-25)21(27)20-4-7-23-28-20;/h1-4,7,14,19H,5-6,8-13,16H2;1H. The second-order valence-corrected chi connectivity index (χ2v) is 7.52. The molecule has 2 aromatic rings. The molecule has 2 fully saturated rings. The van der Waals surface area contributed by atoms with E-state index in [2.05, 4.69) is 27.1 Å². The summed E-state index contributed by atoms with van der Waals surface area (Å²) in [5.74, 6) is 0.258. The average molecular weight is 416 g/mol. The number of benzene rings is 1. The fraction of sp³-hybridized carbons (Fsp3) is 0.476. The van der Waals surface area contributed by atoms with E-state index >= 15 is 0 Å². The minimum absolute atomic E-state index is 0. The third-order valence-corrected chi connectivity index (χ3v) is 5.79. The van der Waals surface area contributed by atoms with Crippen LogP contribution in [-0.4, -0.2) is 71.1 Å². The van der Waals surface area contributed by atoms with Crippen LogP contribution in [0, 0.1) is 11.3 Å². The van der Waals surface area contributed by atoms with Gasteiger partial charge in [0.1, 0.15) is 0 Å². The molecule has 0 aliphatic carbocycles. The molecule has 8 heteroatoms. The SMILES string of the molecule is Cl.N#Cc1cccc(CN2CCC(N3CCN(C(=O)c4ccno4)CC3)CC2)c1. The third kappa shape index (κ3) is 5.15. The molecule has 0 spiro atoms. The highest BCUT2D eigenvalue weighted by Gasteiger charge is 2.30. The summed E-state index contributed by atoms with van der Waals surface area (Å²) in [5.41, 5.74) is 1.93. The Morgan fingerprint density at radius 1 is 1.14 bits per heavy atom. The average Bonchev–Trinajstić information content (AvgIpc) is 3.29. The molecule has 0 radical (unpaired) electrons. The van der Waals surface area contributed by atoms with Crippen LogP contribution >= 0.6 is 12.4 Å². The van der Waals surface area contributed by atoms with Crippen LogP contribution in [0.15, 0.2) is 41.1 Å². The quantitative estimate of drug-likeness (QED) is 0.763. The van der Waals surface area contributed by atoms with Gasteiger partial charge in [0.05, 0.1) is 17.8 Å². The fourth-order valence-electron chi connectivity index (χ4n) is 4.21. The molecule has 2 aliphatic heterocycles. The Balaban J connectivity index is 0.00000240. The van der Waals surface area contributed by atoms with Gasteiger partial charge in [-0.2, -0.15) is 5.26 Å². The van der Waals surface area contributed by atoms with Crippen LogP contribution in [0.4, 0.5) is 0 Å². The van der Waals surface area contributed by atoms with Crippen LogP contribution in [-0.2, 0) is 6.54 Å². The van der Waals surface area contributed by atoms with Gasteiger partial charge >= 0.3 is 0 Å². The Hall–Kier alpha value is -2.40. The summed E-state index contributed by atoms with van der Waals surface area (Å²) in [5, 5.41) is 12.7. The molecule has 0 bridgehead atoms. The van der Waals surface area contributed by atoms with Crippen LogP contribution in [0.1, 0.15) is 34.5 Å². The molecule has 0 unspecified atom stereocenters. The van der Waals surface area contributed by atoms with Crippen LogP contribution in [0.5, 0.6) is 0 Å². The molecular formula is C21H26ClN5O2. The van der Waals surface area contributed by atoms with Crippen molar-refractivity contribution >= 4 is 18.3 Å². The smallest absolute Gasteiger partial charge is 0.292 e. The highest BCUT2D eigenvalue weighted by Crippen LogP contribution is 2.20.